The van der Waals surface area contributed by atoms with Gasteiger partial charge in [-0.25, -0.2) is 23.9 Å². The number of rotatable bonds is 8. The monoisotopic (exact) mass is 510 g/mol. The van der Waals surface area contributed by atoms with Crippen LogP contribution in [0.3, 0.4) is 0 Å². The van der Waals surface area contributed by atoms with Gasteiger partial charge >= 0.3 is 0 Å². The summed E-state index contributed by atoms with van der Waals surface area (Å²) in [6, 6.07) is 15.2. The van der Waals surface area contributed by atoms with Crippen molar-refractivity contribution >= 4 is 21.9 Å². The molecule has 190 valence electrons. The van der Waals surface area contributed by atoms with Crippen LogP contribution in [0.5, 0.6) is 0 Å². The molecule has 0 unspecified atom stereocenters. The number of hydroxylamine groups is 1. The molecule has 1 amide bonds. The Labute approximate surface area is 211 Å². The minimum Gasteiger partial charge on any atom is -0.338 e. The van der Waals surface area contributed by atoms with Crippen molar-refractivity contribution in [3.63, 3.8) is 0 Å². The summed E-state index contributed by atoms with van der Waals surface area (Å²) in [7, 11) is 1.76. The number of carbonyl (C=O) groups is 1. The van der Waals surface area contributed by atoms with Crippen molar-refractivity contribution in [3.05, 3.63) is 72.1 Å². The van der Waals surface area contributed by atoms with Gasteiger partial charge in [0.05, 0.1) is 17.6 Å². The first kappa shape index (κ1) is 25.7. The number of sulfonamides is 1. The summed E-state index contributed by atoms with van der Waals surface area (Å²) in [5.41, 5.74) is 5.75. The summed E-state index contributed by atoms with van der Waals surface area (Å²) in [5.74, 6) is 0.00827. The van der Waals surface area contributed by atoms with E-state index in [1.54, 1.807) is 12.1 Å². The van der Waals surface area contributed by atoms with Gasteiger partial charge in [-0.3, -0.25) is 9.63 Å². The predicted molar refractivity (Wildman–Crippen MR) is 137 cm³/mol. The number of benzene rings is 2. The zero-order valence-corrected chi connectivity index (χ0v) is 21.4. The third-order valence-electron chi connectivity index (χ3n) is 5.92. The van der Waals surface area contributed by atoms with E-state index < -0.39 is 15.9 Å². The third kappa shape index (κ3) is 5.71. The molecule has 0 spiro atoms. The Morgan fingerprint density at radius 1 is 1.00 bits per heavy atom. The highest BCUT2D eigenvalue weighted by molar-refractivity contribution is 7.89. The zero-order valence-electron chi connectivity index (χ0n) is 20.6. The lowest BCUT2D eigenvalue weighted by Gasteiger charge is -2.34. The Bertz CT molecular complexity index is 1290. The van der Waals surface area contributed by atoms with Gasteiger partial charge in [0.2, 0.25) is 16.0 Å². The van der Waals surface area contributed by atoms with E-state index in [4.69, 9.17) is 0 Å². The Morgan fingerprint density at radius 2 is 1.64 bits per heavy atom. The smallest absolute Gasteiger partial charge is 0.277 e. The van der Waals surface area contributed by atoms with E-state index in [1.807, 2.05) is 43.3 Å². The molecule has 0 saturated carbocycles. The highest BCUT2D eigenvalue weighted by Gasteiger charge is 2.29. The quantitative estimate of drug-likeness (QED) is 0.459. The second-order valence-electron chi connectivity index (χ2n) is 8.72. The van der Waals surface area contributed by atoms with Crippen LogP contribution in [-0.4, -0.2) is 80.9 Å². The van der Waals surface area contributed by atoms with E-state index >= 15 is 0 Å². The van der Waals surface area contributed by atoms with Crippen LogP contribution in [0.2, 0.25) is 0 Å². The molecule has 1 saturated heterocycles. The average molecular weight is 511 g/mol. The Morgan fingerprint density at radius 3 is 2.25 bits per heavy atom. The van der Waals surface area contributed by atoms with E-state index in [-0.39, 0.29) is 10.5 Å². The van der Waals surface area contributed by atoms with Gasteiger partial charge in [-0.15, -0.1) is 0 Å². The summed E-state index contributed by atoms with van der Waals surface area (Å²) in [5, 5.41) is 0. The summed E-state index contributed by atoms with van der Waals surface area (Å²) >= 11 is 0. The number of aromatic nitrogens is 2. The van der Waals surface area contributed by atoms with Gasteiger partial charge in [0.25, 0.3) is 5.91 Å². The van der Waals surface area contributed by atoms with Crippen LogP contribution < -0.4 is 10.4 Å². The highest BCUT2D eigenvalue weighted by atomic mass is 32.2. The van der Waals surface area contributed by atoms with Crippen LogP contribution in [0, 0.1) is 0 Å². The van der Waals surface area contributed by atoms with Gasteiger partial charge in [0, 0.05) is 45.1 Å². The van der Waals surface area contributed by atoms with Crippen molar-refractivity contribution in [1.82, 2.24) is 24.7 Å². The SMILES string of the molecule is CONC(=O)c1cnc(N2CCN(S(=O)(=O)c3ccc(-c4ccccc4CN(C)C)cc3)CC2)nc1. The van der Waals surface area contributed by atoms with Gasteiger partial charge in [-0.1, -0.05) is 36.4 Å². The number of amides is 1. The molecule has 0 radical (unpaired) electrons. The molecule has 3 aromatic rings. The fourth-order valence-electron chi connectivity index (χ4n) is 4.12. The van der Waals surface area contributed by atoms with Crippen LogP contribution in [0.4, 0.5) is 5.95 Å². The molecule has 1 aliphatic heterocycles. The normalized spacial score (nSPS) is 14.7. The van der Waals surface area contributed by atoms with Crippen molar-refractivity contribution in [3.8, 4) is 11.1 Å². The largest absolute Gasteiger partial charge is 0.338 e. The van der Waals surface area contributed by atoms with Gasteiger partial charge in [-0.05, 0) is 42.9 Å². The second kappa shape index (κ2) is 11.1. The van der Waals surface area contributed by atoms with Crippen molar-refractivity contribution in [2.75, 3.05) is 52.3 Å². The Hall–Kier alpha value is -3.38. The molecule has 1 N–H and O–H groups in total. The summed E-state index contributed by atoms with van der Waals surface area (Å²) < 4.78 is 28.1. The summed E-state index contributed by atoms with van der Waals surface area (Å²) in [6.07, 6.45) is 2.83. The number of hydrogen-bond donors (Lipinski definition) is 1. The maximum Gasteiger partial charge on any atom is 0.277 e. The zero-order chi connectivity index (χ0) is 25.7. The van der Waals surface area contributed by atoms with Gasteiger partial charge in [0.15, 0.2) is 0 Å². The summed E-state index contributed by atoms with van der Waals surface area (Å²) in [4.78, 5) is 29.1. The molecule has 4 rings (SSSR count). The first-order chi connectivity index (χ1) is 17.3. The molecule has 0 atom stereocenters. The lowest BCUT2D eigenvalue weighted by molar-refractivity contribution is 0.0537. The Balaban J connectivity index is 1.42. The molecule has 1 aromatic heterocycles. The van der Waals surface area contributed by atoms with Gasteiger partial charge in [-0.2, -0.15) is 4.31 Å². The second-order valence-corrected chi connectivity index (χ2v) is 10.7. The number of piperazine rings is 1. The predicted octanol–water partition coefficient (Wildman–Crippen LogP) is 2.01. The molecule has 10 nitrogen and oxygen atoms in total. The number of nitrogens with zero attached hydrogens (tertiary/aromatic N) is 5. The van der Waals surface area contributed by atoms with Crippen LogP contribution in [-0.2, 0) is 21.4 Å². The highest BCUT2D eigenvalue weighted by Crippen LogP contribution is 2.27. The van der Waals surface area contributed by atoms with E-state index in [9.17, 15) is 13.2 Å². The van der Waals surface area contributed by atoms with Gasteiger partial charge in [0.1, 0.15) is 0 Å². The van der Waals surface area contributed by atoms with Crippen LogP contribution in [0.1, 0.15) is 15.9 Å². The van der Waals surface area contributed by atoms with Crippen LogP contribution >= 0.6 is 0 Å². The number of nitrogens with one attached hydrogen (secondary N) is 1. The lowest BCUT2D eigenvalue weighted by atomic mass is 9.99. The summed E-state index contributed by atoms with van der Waals surface area (Å²) in [6.45, 7) is 2.31. The molecular formula is C25H30N6O4S. The minimum absolute atomic E-state index is 0.273. The van der Waals surface area contributed by atoms with E-state index in [1.165, 1.54) is 29.4 Å². The molecule has 1 aliphatic rings. The van der Waals surface area contributed by atoms with Crippen LogP contribution in [0.25, 0.3) is 11.1 Å². The molecule has 2 aromatic carbocycles. The molecule has 36 heavy (non-hydrogen) atoms. The maximum atomic E-state index is 13.3. The Kier molecular flexibility index (Phi) is 7.94. The van der Waals surface area contributed by atoms with Crippen molar-refractivity contribution in [2.24, 2.45) is 0 Å². The maximum absolute atomic E-state index is 13.3. The van der Waals surface area contributed by atoms with E-state index in [0.717, 1.165) is 17.7 Å². The van der Waals surface area contributed by atoms with Crippen molar-refractivity contribution in [1.29, 1.82) is 0 Å². The molecule has 0 bridgehead atoms. The number of anilines is 1. The lowest BCUT2D eigenvalue weighted by Crippen LogP contribution is -2.49. The topological polar surface area (TPSA) is 108 Å². The van der Waals surface area contributed by atoms with E-state index in [0.29, 0.717) is 32.1 Å². The number of hydrogen-bond acceptors (Lipinski definition) is 8. The van der Waals surface area contributed by atoms with Crippen LogP contribution in [0.15, 0.2) is 65.8 Å². The van der Waals surface area contributed by atoms with Crippen molar-refractivity contribution < 1.29 is 18.0 Å². The van der Waals surface area contributed by atoms with Crippen molar-refractivity contribution in [2.45, 2.75) is 11.4 Å². The molecular weight excluding hydrogens is 480 g/mol. The molecule has 1 fully saturated rings. The minimum atomic E-state index is -3.63. The fourth-order valence-corrected chi connectivity index (χ4v) is 5.54. The van der Waals surface area contributed by atoms with Gasteiger partial charge < -0.3 is 9.80 Å². The first-order valence-electron chi connectivity index (χ1n) is 11.5. The third-order valence-corrected chi connectivity index (χ3v) is 7.84. The molecule has 0 aliphatic carbocycles. The van der Waals surface area contributed by atoms with E-state index in [2.05, 4.69) is 37.3 Å². The number of carbonyl (C=O) groups excluding carboxylic acids is 1. The first-order valence-corrected chi connectivity index (χ1v) is 13.0. The average Bonchev–Trinajstić information content (AvgIpc) is 2.89. The molecule has 11 heteroatoms. The standard InChI is InChI=1S/C25H30N6O4S/c1-29(2)18-20-6-4-5-7-23(20)19-8-10-22(11-9-19)36(33,34)31-14-12-30(13-15-31)25-26-16-21(17-27-25)24(32)28-35-3/h4-11,16-17H,12-15,18H2,1-3H3,(H,28,32). The molecule has 2 heterocycles. The fraction of sp³-hybridized carbons (Fsp3) is 0.320.